The second-order valence-corrected chi connectivity index (χ2v) is 7.42. The van der Waals surface area contributed by atoms with E-state index in [-0.39, 0.29) is 29.7 Å². The molecule has 5 heteroatoms. The number of allylic oxidation sites excluding steroid dienone is 2. The van der Waals surface area contributed by atoms with Gasteiger partial charge in [0, 0.05) is 11.6 Å². The molecule has 1 aromatic carbocycles. The van der Waals surface area contributed by atoms with Crippen LogP contribution in [-0.4, -0.2) is 29.7 Å². The lowest BCUT2D eigenvalue weighted by atomic mass is 10.1. The summed E-state index contributed by atoms with van der Waals surface area (Å²) in [5.41, 5.74) is 2.04. The van der Waals surface area contributed by atoms with Crippen LogP contribution in [0.2, 0.25) is 0 Å². The van der Waals surface area contributed by atoms with Crippen molar-refractivity contribution in [1.82, 2.24) is 5.32 Å². The van der Waals surface area contributed by atoms with Gasteiger partial charge in [0.15, 0.2) is 11.9 Å². The average molecular weight is 376 g/mol. The van der Waals surface area contributed by atoms with Gasteiger partial charge >= 0.3 is 5.91 Å². The Morgan fingerprint density at radius 2 is 1.82 bits per heavy atom. The molecular formula is C23H24N2O3. The molecule has 144 valence electrons. The summed E-state index contributed by atoms with van der Waals surface area (Å²) in [6.45, 7) is 0. The van der Waals surface area contributed by atoms with Crippen LogP contribution in [0.4, 0.5) is 0 Å². The number of hydrogen-bond acceptors (Lipinski definition) is 3. The molecule has 4 rings (SSSR count). The van der Waals surface area contributed by atoms with Gasteiger partial charge in [0.2, 0.25) is 0 Å². The van der Waals surface area contributed by atoms with E-state index in [0.29, 0.717) is 11.3 Å². The maximum absolute atomic E-state index is 12.5. The molecule has 5 nitrogen and oxygen atoms in total. The quantitative estimate of drug-likeness (QED) is 0.641. The van der Waals surface area contributed by atoms with Crippen molar-refractivity contribution >= 4 is 23.6 Å². The normalized spacial score (nSPS) is 23.6. The first-order valence-electron chi connectivity index (χ1n) is 9.96. The predicted octanol–water partition coefficient (Wildman–Crippen LogP) is 3.97. The van der Waals surface area contributed by atoms with E-state index < -0.39 is 0 Å². The van der Waals surface area contributed by atoms with E-state index in [9.17, 15) is 9.59 Å². The molecule has 1 atom stereocenters. The Bertz CT molecular complexity index is 870. The summed E-state index contributed by atoms with van der Waals surface area (Å²) in [4.78, 5) is 28.8. The lowest BCUT2D eigenvalue weighted by Gasteiger charge is -2.22. The van der Waals surface area contributed by atoms with E-state index >= 15 is 0 Å². The van der Waals surface area contributed by atoms with E-state index in [1.807, 2.05) is 30.4 Å². The smallest absolute Gasteiger partial charge is 0.312 e. The minimum atomic E-state index is -0.388. The Morgan fingerprint density at radius 3 is 2.57 bits per heavy atom. The Labute approximate surface area is 164 Å². The van der Waals surface area contributed by atoms with Crippen molar-refractivity contribution in [1.29, 1.82) is 0 Å². The number of carbonyl (C=O) groups excluding carboxylic acids is 2. The van der Waals surface area contributed by atoms with Crippen LogP contribution in [0.15, 0.2) is 59.3 Å². The molecule has 3 aliphatic rings. The van der Waals surface area contributed by atoms with Gasteiger partial charge < -0.3 is 10.1 Å². The summed E-state index contributed by atoms with van der Waals surface area (Å²) in [5, 5.41) is 3.15. The first-order chi connectivity index (χ1) is 13.7. The van der Waals surface area contributed by atoms with Crippen molar-refractivity contribution in [3.8, 4) is 0 Å². The lowest BCUT2D eigenvalue weighted by molar-refractivity contribution is -0.118. The Balaban J connectivity index is 1.43. The number of aliphatic imine (C=N–C) groups is 1. The topological polar surface area (TPSA) is 67.8 Å². The van der Waals surface area contributed by atoms with E-state index in [0.717, 1.165) is 18.4 Å². The number of amides is 2. The first-order valence-corrected chi connectivity index (χ1v) is 9.96. The SMILES string of the molecule is O=C1N=C2C=CC=CC2O/C1=C\c1ccc(C(=O)NC2CCCCCC2)cc1. The molecular weight excluding hydrogens is 352 g/mol. The highest BCUT2D eigenvalue weighted by atomic mass is 16.5. The third-order valence-corrected chi connectivity index (χ3v) is 5.31. The number of benzene rings is 1. The standard InChI is InChI=1S/C23H24N2O3/c26-22(24-18-7-3-1-2-4-8-18)17-13-11-16(12-14-17)15-21-23(27)25-19-9-5-6-10-20(19)28-21/h5-6,9-15,18,20H,1-4,7-8H2,(H,24,26)/b21-15-. The van der Waals surface area contributed by atoms with Crippen molar-refractivity contribution in [2.75, 3.05) is 0 Å². The highest BCUT2D eigenvalue weighted by Crippen LogP contribution is 2.21. The van der Waals surface area contributed by atoms with Crippen LogP contribution < -0.4 is 5.32 Å². The molecule has 2 amide bonds. The highest BCUT2D eigenvalue weighted by molar-refractivity contribution is 6.13. The van der Waals surface area contributed by atoms with Gasteiger partial charge in [-0.1, -0.05) is 50.0 Å². The monoisotopic (exact) mass is 376 g/mol. The lowest BCUT2D eigenvalue weighted by Crippen LogP contribution is -2.34. The Morgan fingerprint density at radius 1 is 1.07 bits per heavy atom. The van der Waals surface area contributed by atoms with Gasteiger partial charge in [0.1, 0.15) is 0 Å². The molecule has 28 heavy (non-hydrogen) atoms. The van der Waals surface area contributed by atoms with Gasteiger partial charge in [-0.15, -0.1) is 0 Å². The predicted molar refractivity (Wildman–Crippen MR) is 109 cm³/mol. The van der Waals surface area contributed by atoms with E-state index in [4.69, 9.17) is 4.74 Å². The van der Waals surface area contributed by atoms with Crippen LogP contribution in [0.1, 0.15) is 54.4 Å². The van der Waals surface area contributed by atoms with Crippen molar-refractivity contribution in [3.63, 3.8) is 0 Å². The molecule has 1 unspecified atom stereocenters. The molecule has 1 fully saturated rings. The van der Waals surface area contributed by atoms with Crippen LogP contribution in [0, 0.1) is 0 Å². The molecule has 0 bridgehead atoms. The van der Waals surface area contributed by atoms with Gasteiger partial charge in [0.25, 0.3) is 5.91 Å². The maximum atomic E-state index is 12.5. The van der Waals surface area contributed by atoms with Crippen LogP contribution in [0.3, 0.4) is 0 Å². The number of carbonyl (C=O) groups is 2. The highest BCUT2D eigenvalue weighted by Gasteiger charge is 2.26. The summed E-state index contributed by atoms with van der Waals surface area (Å²) < 4.78 is 5.76. The average Bonchev–Trinajstić information content (AvgIpc) is 2.98. The van der Waals surface area contributed by atoms with Crippen LogP contribution in [0.25, 0.3) is 6.08 Å². The second-order valence-electron chi connectivity index (χ2n) is 7.42. The summed E-state index contributed by atoms with van der Waals surface area (Å²) in [7, 11) is 0. The Hall–Kier alpha value is -2.95. The summed E-state index contributed by atoms with van der Waals surface area (Å²) in [5.74, 6) is -0.213. The molecule has 0 aromatic heterocycles. The number of rotatable bonds is 3. The fraction of sp³-hybridized carbons (Fsp3) is 0.348. The van der Waals surface area contributed by atoms with Gasteiger partial charge in [-0.3, -0.25) is 9.59 Å². The van der Waals surface area contributed by atoms with Crippen LogP contribution >= 0.6 is 0 Å². The first kappa shape index (κ1) is 18.4. The van der Waals surface area contributed by atoms with Crippen LogP contribution in [-0.2, 0) is 9.53 Å². The van der Waals surface area contributed by atoms with Gasteiger partial charge in [-0.2, -0.15) is 0 Å². The van der Waals surface area contributed by atoms with E-state index in [1.165, 1.54) is 25.7 Å². The summed E-state index contributed by atoms with van der Waals surface area (Å²) in [6, 6.07) is 7.48. The number of nitrogens with one attached hydrogen (secondary N) is 1. The Kier molecular flexibility index (Phi) is 5.51. The van der Waals surface area contributed by atoms with Crippen LogP contribution in [0.5, 0.6) is 0 Å². The molecule has 1 heterocycles. The maximum Gasteiger partial charge on any atom is 0.312 e. The van der Waals surface area contributed by atoms with Crippen molar-refractivity contribution in [2.24, 2.45) is 4.99 Å². The summed E-state index contributed by atoms with van der Waals surface area (Å²) >= 11 is 0. The fourth-order valence-electron chi connectivity index (χ4n) is 3.74. The zero-order valence-corrected chi connectivity index (χ0v) is 15.8. The minimum absolute atomic E-state index is 0.0375. The number of ether oxygens (including phenoxy) is 1. The molecule has 0 spiro atoms. The molecule has 1 saturated carbocycles. The summed E-state index contributed by atoms with van der Waals surface area (Å²) in [6.07, 6.45) is 15.7. The number of fused-ring (bicyclic) bond motifs is 1. The number of nitrogens with zero attached hydrogens (tertiary/aromatic N) is 1. The molecule has 0 radical (unpaired) electrons. The van der Waals surface area contributed by atoms with E-state index in [1.54, 1.807) is 24.3 Å². The van der Waals surface area contributed by atoms with Crippen molar-refractivity contribution in [3.05, 3.63) is 65.5 Å². The zero-order valence-electron chi connectivity index (χ0n) is 15.8. The van der Waals surface area contributed by atoms with Crippen molar-refractivity contribution in [2.45, 2.75) is 50.7 Å². The molecule has 0 saturated heterocycles. The van der Waals surface area contributed by atoms with Gasteiger partial charge in [-0.05, 0) is 48.8 Å². The third kappa shape index (κ3) is 4.30. The van der Waals surface area contributed by atoms with Gasteiger partial charge in [-0.25, -0.2) is 4.99 Å². The molecule has 1 aliphatic heterocycles. The molecule has 1 N–H and O–H groups in total. The van der Waals surface area contributed by atoms with E-state index in [2.05, 4.69) is 10.3 Å². The third-order valence-electron chi connectivity index (χ3n) is 5.31. The number of hydrogen-bond donors (Lipinski definition) is 1. The fourth-order valence-corrected chi connectivity index (χ4v) is 3.74. The second kappa shape index (κ2) is 8.38. The van der Waals surface area contributed by atoms with Gasteiger partial charge in [0.05, 0.1) is 5.71 Å². The largest absolute Gasteiger partial charge is 0.474 e. The zero-order chi connectivity index (χ0) is 19.3. The molecule has 2 aliphatic carbocycles. The minimum Gasteiger partial charge on any atom is -0.474 e. The molecule has 1 aromatic rings. The van der Waals surface area contributed by atoms with Crippen molar-refractivity contribution < 1.29 is 14.3 Å².